The summed E-state index contributed by atoms with van der Waals surface area (Å²) in [6.07, 6.45) is 0. The SMILES string of the molecule is NC(=NC(=S)NC1c2ccccc2Oc2ccccc21)NC(=O)c1ccccc1. The fourth-order valence-electron chi connectivity index (χ4n) is 3.14. The van der Waals surface area contributed by atoms with Crippen LogP contribution in [0.4, 0.5) is 0 Å². The van der Waals surface area contributed by atoms with Crippen LogP contribution in [-0.2, 0) is 0 Å². The van der Waals surface area contributed by atoms with E-state index in [9.17, 15) is 4.79 Å². The predicted molar refractivity (Wildman–Crippen MR) is 116 cm³/mol. The molecule has 0 radical (unpaired) electrons. The highest BCUT2D eigenvalue weighted by Gasteiger charge is 2.27. The summed E-state index contributed by atoms with van der Waals surface area (Å²) in [6, 6.07) is 24.0. The molecule has 0 saturated carbocycles. The molecule has 4 N–H and O–H groups in total. The lowest BCUT2D eigenvalue weighted by Crippen LogP contribution is -2.39. The fraction of sp³-hybridized carbons (Fsp3) is 0.0455. The molecule has 6 nitrogen and oxygen atoms in total. The number of hydrogen-bond donors (Lipinski definition) is 3. The van der Waals surface area contributed by atoms with Crippen LogP contribution < -0.4 is 21.1 Å². The topological polar surface area (TPSA) is 88.7 Å². The van der Waals surface area contributed by atoms with Crippen LogP contribution in [0.1, 0.15) is 27.5 Å². The molecular weight excluding hydrogens is 384 g/mol. The molecule has 0 aromatic heterocycles. The molecule has 1 aliphatic heterocycles. The van der Waals surface area contributed by atoms with Gasteiger partial charge in [-0.3, -0.25) is 10.1 Å². The molecule has 1 aliphatic rings. The van der Waals surface area contributed by atoms with E-state index in [4.69, 9.17) is 22.7 Å². The fourth-order valence-corrected chi connectivity index (χ4v) is 3.35. The van der Waals surface area contributed by atoms with Crippen molar-refractivity contribution in [2.45, 2.75) is 6.04 Å². The Bertz CT molecular complexity index is 1050. The van der Waals surface area contributed by atoms with E-state index >= 15 is 0 Å². The Labute approximate surface area is 173 Å². The highest BCUT2D eigenvalue weighted by molar-refractivity contribution is 7.80. The first-order valence-electron chi connectivity index (χ1n) is 8.98. The number of carbonyl (C=O) groups excluding carboxylic acids is 1. The van der Waals surface area contributed by atoms with Crippen LogP contribution in [0.5, 0.6) is 11.5 Å². The third-order valence-corrected chi connectivity index (χ3v) is 4.66. The molecule has 3 aromatic rings. The number of nitrogens with one attached hydrogen (secondary N) is 2. The third kappa shape index (κ3) is 4.09. The maximum atomic E-state index is 12.2. The van der Waals surface area contributed by atoms with Crippen LogP contribution in [0.15, 0.2) is 83.9 Å². The molecule has 7 heteroatoms. The van der Waals surface area contributed by atoms with E-state index in [0.29, 0.717) is 5.56 Å². The van der Waals surface area contributed by atoms with Crippen molar-refractivity contribution in [3.8, 4) is 11.5 Å². The summed E-state index contributed by atoms with van der Waals surface area (Å²) in [7, 11) is 0. The van der Waals surface area contributed by atoms with Crippen molar-refractivity contribution < 1.29 is 9.53 Å². The van der Waals surface area contributed by atoms with Crippen LogP contribution in [0.25, 0.3) is 0 Å². The lowest BCUT2D eigenvalue weighted by Gasteiger charge is -2.28. The Morgan fingerprint density at radius 1 is 0.897 bits per heavy atom. The second-order valence-electron chi connectivity index (χ2n) is 6.38. The van der Waals surface area contributed by atoms with Gasteiger partial charge in [-0.15, -0.1) is 0 Å². The van der Waals surface area contributed by atoms with E-state index in [2.05, 4.69) is 15.6 Å². The molecule has 0 saturated heterocycles. The van der Waals surface area contributed by atoms with Crippen LogP contribution in [-0.4, -0.2) is 17.0 Å². The highest BCUT2D eigenvalue weighted by Crippen LogP contribution is 2.42. The summed E-state index contributed by atoms with van der Waals surface area (Å²) in [4.78, 5) is 16.3. The maximum absolute atomic E-state index is 12.2. The second-order valence-corrected chi connectivity index (χ2v) is 6.76. The molecule has 1 amide bonds. The highest BCUT2D eigenvalue weighted by atomic mass is 32.1. The van der Waals surface area contributed by atoms with E-state index in [0.717, 1.165) is 22.6 Å². The smallest absolute Gasteiger partial charge is 0.257 e. The summed E-state index contributed by atoms with van der Waals surface area (Å²) in [5, 5.41) is 5.91. The van der Waals surface area contributed by atoms with Crippen molar-refractivity contribution >= 4 is 29.2 Å². The summed E-state index contributed by atoms with van der Waals surface area (Å²) < 4.78 is 5.97. The number of nitrogens with two attached hydrogens (primary N) is 1. The van der Waals surface area contributed by atoms with Gasteiger partial charge in [0, 0.05) is 16.7 Å². The van der Waals surface area contributed by atoms with Gasteiger partial charge in [0.05, 0.1) is 6.04 Å². The number of guanidine groups is 1. The minimum Gasteiger partial charge on any atom is -0.457 e. The zero-order valence-electron chi connectivity index (χ0n) is 15.3. The van der Waals surface area contributed by atoms with Gasteiger partial charge in [-0.2, -0.15) is 4.99 Å². The zero-order valence-corrected chi connectivity index (χ0v) is 16.1. The van der Waals surface area contributed by atoms with Gasteiger partial charge < -0.3 is 15.8 Å². The van der Waals surface area contributed by atoms with Crippen molar-refractivity contribution in [3.63, 3.8) is 0 Å². The largest absolute Gasteiger partial charge is 0.457 e. The minimum atomic E-state index is -0.351. The van der Waals surface area contributed by atoms with Gasteiger partial charge in [-0.25, -0.2) is 0 Å². The Kier molecular flexibility index (Phi) is 5.22. The lowest BCUT2D eigenvalue weighted by molar-refractivity contribution is 0.0976. The van der Waals surface area contributed by atoms with E-state index < -0.39 is 0 Å². The Morgan fingerprint density at radius 2 is 1.45 bits per heavy atom. The number of rotatable bonds is 2. The number of ether oxygens (including phenoxy) is 1. The van der Waals surface area contributed by atoms with Crippen LogP contribution in [0, 0.1) is 0 Å². The number of nitrogens with zero attached hydrogens (tertiary/aromatic N) is 1. The summed E-state index contributed by atoms with van der Waals surface area (Å²) in [5.41, 5.74) is 8.24. The minimum absolute atomic E-state index is 0.0787. The molecule has 1 heterocycles. The van der Waals surface area contributed by atoms with Gasteiger partial charge in [0.15, 0.2) is 5.11 Å². The number of benzene rings is 3. The average Bonchev–Trinajstić information content (AvgIpc) is 2.74. The number of thiocarbonyl (C=S) groups is 1. The summed E-state index contributed by atoms with van der Waals surface area (Å²) in [5.74, 6) is 1.07. The zero-order chi connectivity index (χ0) is 20.2. The molecule has 0 aliphatic carbocycles. The second kappa shape index (κ2) is 8.12. The first-order valence-corrected chi connectivity index (χ1v) is 9.39. The molecule has 0 atom stereocenters. The molecule has 0 fully saturated rings. The van der Waals surface area contributed by atoms with E-state index in [1.165, 1.54) is 0 Å². The van der Waals surface area contributed by atoms with Crippen LogP contribution in [0.2, 0.25) is 0 Å². The molecule has 0 bridgehead atoms. The van der Waals surface area contributed by atoms with Crippen molar-refractivity contribution in [2.24, 2.45) is 10.7 Å². The number of carbonyl (C=O) groups is 1. The monoisotopic (exact) mass is 402 g/mol. The maximum Gasteiger partial charge on any atom is 0.257 e. The van der Waals surface area contributed by atoms with Crippen molar-refractivity contribution in [3.05, 3.63) is 95.6 Å². The Balaban J connectivity index is 1.52. The molecule has 3 aromatic carbocycles. The first-order chi connectivity index (χ1) is 14.1. The van der Waals surface area contributed by atoms with Crippen LogP contribution in [0.3, 0.4) is 0 Å². The summed E-state index contributed by atoms with van der Waals surface area (Å²) >= 11 is 5.37. The average molecular weight is 402 g/mol. The van der Waals surface area contributed by atoms with Gasteiger partial charge in [0.2, 0.25) is 5.96 Å². The van der Waals surface area contributed by atoms with Crippen molar-refractivity contribution in [2.75, 3.05) is 0 Å². The number of hydrogen-bond acceptors (Lipinski definition) is 3. The van der Waals surface area contributed by atoms with Gasteiger partial charge in [-0.05, 0) is 36.5 Å². The number of amides is 1. The molecule has 4 rings (SSSR count). The summed E-state index contributed by atoms with van der Waals surface area (Å²) in [6.45, 7) is 0. The molecule has 0 unspecified atom stereocenters. The number of para-hydroxylation sites is 2. The number of fused-ring (bicyclic) bond motifs is 2. The van der Waals surface area contributed by atoms with Gasteiger partial charge in [-0.1, -0.05) is 54.6 Å². The normalized spacial score (nSPS) is 12.9. The molecule has 144 valence electrons. The van der Waals surface area contributed by atoms with E-state index in [1.54, 1.807) is 24.3 Å². The van der Waals surface area contributed by atoms with Crippen molar-refractivity contribution in [1.29, 1.82) is 0 Å². The third-order valence-electron chi connectivity index (χ3n) is 4.45. The quantitative estimate of drug-likeness (QED) is 0.347. The van der Waals surface area contributed by atoms with E-state index in [1.807, 2.05) is 54.6 Å². The molecule has 0 spiro atoms. The lowest BCUT2D eigenvalue weighted by atomic mass is 9.95. The standard InChI is InChI=1S/C22H18N4O2S/c23-21(25-20(27)14-8-2-1-3-9-14)26-22(29)24-19-15-10-4-6-12-17(15)28-18-13-7-5-11-16(18)19/h1-13,19H,(H4,23,24,25,26,27,29). The van der Waals surface area contributed by atoms with E-state index in [-0.39, 0.29) is 23.0 Å². The van der Waals surface area contributed by atoms with Gasteiger partial charge in [0.1, 0.15) is 11.5 Å². The van der Waals surface area contributed by atoms with Crippen molar-refractivity contribution in [1.82, 2.24) is 10.6 Å². The Morgan fingerprint density at radius 3 is 2.07 bits per heavy atom. The first kappa shape index (κ1) is 18.6. The van der Waals surface area contributed by atoms with Gasteiger partial charge in [0.25, 0.3) is 5.91 Å². The molecule has 29 heavy (non-hydrogen) atoms. The Hall–Kier alpha value is -3.71. The molecular formula is C22H18N4O2S. The van der Waals surface area contributed by atoms with Gasteiger partial charge >= 0.3 is 0 Å². The van der Waals surface area contributed by atoms with Crippen LogP contribution >= 0.6 is 12.2 Å². The number of aliphatic imine (C=N–C) groups is 1. The predicted octanol–water partition coefficient (Wildman–Crippen LogP) is 3.50.